The van der Waals surface area contributed by atoms with E-state index >= 15 is 0 Å². The van der Waals surface area contributed by atoms with E-state index in [0.717, 1.165) is 0 Å². The van der Waals surface area contributed by atoms with E-state index < -0.39 is 24.5 Å². The molecule has 1 heterocycles. The molecule has 2 rings (SSSR count). The van der Waals surface area contributed by atoms with Crippen LogP contribution in [0.3, 0.4) is 0 Å². The molecule has 1 aromatic heterocycles. The molecule has 0 aliphatic carbocycles. The summed E-state index contributed by atoms with van der Waals surface area (Å²) in [7, 11) is 1.18. The molecule has 1 atom stereocenters. The molecule has 100 valence electrons. The summed E-state index contributed by atoms with van der Waals surface area (Å²) in [6.07, 6.45) is 0. The van der Waals surface area contributed by atoms with Crippen LogP contribution in [0.1, 0.15) is 10.5 Å². The largest absolute Gasteiger partial charge is 0.467 e. The first-order chi connectivity index (χ1) is 9.17. The number of para-hydroxylation sites is 1. The van der Waals surface area contributed by atoms with Gasteiger partial charge in [-0.25, -0.2) is 4.79 Å². The van der Waals surface area contributed by atoms with Crippen LogP contribution in [-0.2, 0) is 9.53 Å². The summed E-state index contributed by atoms with van der Waals surface area (Å²) in [5, 5.41) is 18.7. The summed E-state index contributed by atoms with van der Waals surface area (Å²) < 4.78 is 4.47. The highest BCUT2D eigenvalue weighted by Crippen LogP contribution is 2.14. The molecule has 0 spiro atoms. The third-order valence-corrected chi connectivity index (χ3v) is 2.66. The molecule has 3 N–H and O–H groups in total. The second kappa shape index (κ2) is 5.49. The fraction of sp³-hybridized carbons (Fsp3) is 0.250. The van der Waals surface area contributed by atoms with Crippen molar-refractivity contribution in [3.05, 3.63) is 30.0 Å². The highest BCUT2D eigenvalue weighted by molar-refractivity contribution is 6.05. The van der Waals surface area contributed by atoms with Crippen molar-refractivity contribution in [3.8, 4) is 0 Å². The summed E-state index contributed by atoms with van der Waals surface area (Å²) in [5.41, 5.74) is 0.879. The second-order valence-corrected chi connectivity index (χ2v) is 3.85. The molecule has 2 aromatic rings. The Morgan fingerprint density at radius 1 is 1.47 bits per heavy atom. The fourth-order valence-electron chi connectivity index (χ4n) is 1.68. The number of rotatable bonds is 4. The Labute approximate surface area is 108 Å². The van der Waals surface area contributed by atoms with Crippen LogP contribution in [-0.4, -0.2) is 46.9 Å². The fourth-order valence-corrected chi connectivity index (χ4v) is 1.68. The van der Waals surface area contributed by atoms with Crippen molar-refractivity contribution in [1.82, 2.24) is 15.5 Å². The molecule has 0 radical (unpaired) electrons. The third kappa shape index (κ3) is 2.55. The number of aromatic nitrogens is 2. The summed E-state index contributed by atoms with van der Waals surface area (Å²) in [6.45, 7) is -0.541. The molecule has 0 saturated heterocycles. The number of carbonyl (C=O) groups excluding carboxylic acids is 2. The van der Waals surface area contributed by atoms with E-state index in [0.29, 0.717) is 10.9 Å². The maximum Gasteiger partial charge on any atom is 0.330 e. The van der Waals surface area contributed by atoms with Gasteiger partial charge in [-0.05, 0) is 6.07 Å². The Bertz CT molecular complexity index is 608. The number of aliphatic hydroxyl groups is 1. The molecule has 7 nitrogen and oxygen atoms in total. The van der Waals surface area contributed by atoms with Gasteiger partial charge < -0.3 is 15.2 Å². The zero-order valence-corrected chi connectivity index (χ0v) is 10.2. The lowest BCUT2D eigenvalue weighted by molar-refractivity contribution is -0.143. The number of ether oxygens (including phenoxy) is 1. The first-order valence-corrected chi connectivity index (χ1v) is 5.60. The number of H-pyrrole nitrogens is 1. The average Bonchev–Trinajstić information content (AvgIpc) is 2.87. The minimum atomic E-state index is -1.10. The predicted molar refractivity (Wildman–Crippen MR) is 66.4 cm³/mol. The van der Waals surface area contributed by atoms with Crippen LogP contribution < -0.4 is 5.32 Å². The Hall–Kier alpha value is -2.41. The van der Waals surface area contributed by atoms with Crippen LogP contribution in [0, 0.1) is 0 Å². The van der Waals surface area contributed by atoms with E-state index in [1.54, 1.807) is 18.2 Å². The number of aliphatic hydroxyl groups excluding tert-OH is 1. The molecule has 0 saturated carbocycles. The number of nitrogens with one attached hydrogen (secondary N) is 2. The van der Waals surface area contributed by atoms with E-state index in [4.69, 9.17) is 5.11 Å². The molecule has 1 aromatic carbocycles. The minimum Gasteiger partial charge on any atom is -0.467 e. The first kappa shape index (κ1) is 13.0. The van der Waals surface area contributed by atoms with Gasteiger partial charge in [0, 0.05) is 5.39 Å². The zero-order chi connectivity index (χ0) is 13.8. The Balaban J connectivity index is 2.22. The van der Waals surface area contributed by atoms with Crippen molar-refractivity contribution in [2.45, 2.75) is 6.04 Å². The number of esters is 1. The number of benzene rings is 1. The lowest BCUT2D eigenvalue weighted by atomic mass is 10.2. The van der Waals surface area contributed by atoms with Gasteiger partial charge in [0.15, 0.2) is 11.7 Å². The number of amides is 1. The maximum atomic E-state index is 12.0. The Morgan fingerprint density at radius 3 is 2.89 bits per heavy atom. The normalized spacial score (nSPS) is 12.1. The van der Waals surface area contributed by atoms with E-state index in [9.17, 15) is 9.59 Å². The first-order valence-electron chi connectivity index (χ1n) is 5.60. The molecule has 7 heteroatoms. The number of nitrogens with zero attached hydrogens (tertiary/aromatic N) is 1. The van der Waals surface area contributed by atoms with Crippen LogP contribution in [0.25, 0.3) is 10.9 Å². The number of hydrogen-bond donors (Lipinski definition) is 3. The van der Waals surface area contributed by atoms with Gasteiger partial charge in [0.1, 0.15) is 0 Å². The smallest absolute Gasteiger partial charge is 0.330 e. The standard InChI is InChI=1S/C12H13N3O4/c1-19-12(18)9(6-16)13-11(17)10-7-4-2-3-5-8(7)14-15-10/h2-5,9,16H,6H2,1H3,(H,13,17)(H,14,15). The van der Waals surface area contributed by atoms with Crippen LogP contribution in [0.5, 0.6) is 0 Å². The summed E-state index contributed by atoms with van der Waals surface area (Å²) in [5.74, 6) is -1.27. The van der Waals surface area contributed by atoms with Crippen LogP contribution in [0.15, 0.2) is 24.3 Å². The molecule has 19 heavy (non-hydrogen) atoms. The Kier molecular flexibility index (Phi) is 3.76. The predicted octanol–water partition coefficient (Wildman–Crippen LogP) is -0.173. The minimum absolute atomic E-state index is 0.165. The van der Waals surface area contributed by atoms with E-state index in [1.165, 1.54) is 7.11 Å². The van der Waals surface area contributed by atoms with Gasteiger partial charge in [-0.3, -0.25) is 9.89 Å². The number of methoxy groups -OCH3 is 1. The average molecular weight is 263 g/mol. The topological polar surface area (TPSA) is 104 Å². The van der Waals surface area contributed by atoms with Crippen molar-refractivity contribution in [2.75, 3.05) is 13.7 Å². The van der Waals surface area contributed by atoms with Crippen molar-refractivity contribution in [2.24, 2.45) is 0 Å². The second-order valence-electron chi connectivity index (χ2n) is 3.85. The summed E-state index contributed by atoms with van der Waals surface area (Å²) in [6, 6.07) is 6.00. The molecule has 0 aliphatic rings. The van der Waals surface area contributed by atoms with Crippen LogP contribution in [0.4, 0.5) is 0 Å². The lowest BCUT2D eigenvalue weighted by Crippen LogP contribution is -2.44. The molecular weight excluding hydrogens is 250 g/mol. The van der Waals surface area contributed by atoms with Crippen molar-refractivity contribution in [1.29, 1.82) is 0 Å². The highest BCUT2D eigenvalue weighted by atomic mass is 16.5. The molecule has 1 amide bonds. The quantitative estimate of drug-likeness (QED) is 0.664. The van der Waals surface area contributed by atoms with Crippen LogP contribution >= 0.6 is 0 Å². The van der Waals surface area contributed by atoms with Gasteiger partial charge in [0.2, 0.25) is 0 Å². The molecule has 0 bridgehead atoms. The maximum absolute atomic E-state index is 12.0. The number of aromatic amines is 1. The monoisotopic (exact) mass is 263 g/mol. The molecule has 0 fully saturated rings. The van der Waals surface area contributed by atoms with Crippen LogP contribution in [0.2, 0.25) is 0 Å². The van der Waals surface area contributed by atoms with Gasteiger partial charge >= 0.3 is 5.97 Å². The summed E-state index contributed by atoms with van der Waals surface area (Å²) >= 11 is 0. The SMILES string of the molecule is COC(=O)C(CO)NC(=O)c1n[nH]c2ccccc12. The number of carbonyl (C=O) groups is 2. The zero-order valence-electron chi connectivity index (χ0n) is 10.2. The van der Waals surface area contributed by atoms with Crippen molar-refractivity contribution >= 4 is 22.8 Å². The highest BCUT2D eigenvalue weighted by Gasteiger charge is 2.23. The van der Waals surface area contributed by atoms with Gasteiger partial charge in [0.25, 0.3) is 5.91 Å². The van der Waals surface area contributed by atoms with E-state index in [-0.39, 0.29) is 5.69 Å². The van der Waals surface area contributed by atoms with Gasteiger partial charge in [-0.15, -0.1) is 0 Å². The van der Waals surface area contributed by atoms with E-state index in [2.05, 4.69) is 20.3 Å². The Morgan fingerprint density at radius 2 is 2.21 bits per heavy atom. The number of fused-ring (bicyclic) bond motifs is 1. The van der Waals surface area contributed by atoms with Gasteiger partial charge in [-0.1, -0.05) is 18.2 Å². The van der Waals surface area contributed by atoms with Gasteiger partial charge in [-0.2, -0.15) is 5.10 Å². The van der Waals surface area contributed by atoms with Crippen molar-refractivity contribution in [3.63, 3.8) is 0 Å². The lowest BCUT2D eigenvalue weighted by Gasteiger charge is -2.12. The van der Waals surface area contributed by atoms with Crippen molar-refractivity contribution < 1.29 is 19.4 Å². The van der Waals surface area contributed by atoms with Gasteiger partial charge in [0.05, 0.1) is 19.2 Å². The third-order valence-electron chi connectivity index (χ3n) is 2.66. The summed E-state index contributed by atoms with van der Waals surface area (Å²) in [4.78, 5) is 23.3. The van der Waals surface area contributed by atoms with E-state index in [1.807, 2.05) is 6.07 Å². The molecular formula is C12H13N3O4. The molecule has 0 aliphatic heterocycles. The number of hydrogen-bond acceptors (Lipinski definition) is 5. The molecule has 1 unspecified atom stereocenters.